The maximum Gasteiger partial charge on any atom is 0.268 e. The number of halogens is 3. The highest BCUT2D eigenvalue weighted by molar-refractivity contribution is 6.01. The van der Waals surface area contributed by atoms with Gasteiger partial charge in [0.15, 0.2) is 29.3 Å². The monoisotopic (exact) mass is 434 g/mol. The molecule has 1 unspecified atom stereocenters. The van der Waals surface area contributed by atoms with E-state index in [9.17, 15) is 18.4 Å². The first-order valence-electron chi connectivity index (χ1n) is 9.92. The fourth-order valence-corrected chi connectivity index (χ4v) is 3.42. The summed E-state index contributed by atoms with van der Waals surface area (Å²) in [6.07, 6.45) is -0.797. The number of ether oxygens (including phenoxy) is 1. The van der Waals surface area contributed by atoms with Gasteiger partial charge in [-0.05, 0) is 48.6 Å². The predicted molar refractivity (Wildman–Crippen MR) is 111 cm³/mol. The maximum atomic E-state index is 15.4. The molecule has 3 rings (SSSR count). The number of aryl methyl sites for hydroxylation is 1. The van der Waals surface area contributed by atoms with Gasteiger partial charge in [0.25, 0.3) is 5.91 Å². The van der Waals surface area contributed by atoms with Crippen LogP contribution in [0.1, 0.15) is 45.2 Å². The number of amides is 2. The highest BCUT2D eigenvalue weighted by Crippen LogP contribution is 2.42. The van der Waals surface area contributed by atoms with E-state index in [4.69, 9.17) is 4.74 Å². The molecule has 1 atom stereocenters. The lowest BCUT2D eigenvalue weighted by Crippen LogP contribution is -2.44. The minimum Gasteiger partial charge on any atom is -0.476 e. The average Bonchev–Trinajstić information content (AvgIpc) is 2.65. The van der Waals surface area contributed by atoms with Gasteiger partial charge >= 0.3 is 0 Å². The topological polar surface area (TPSA) is 58.6 Å². The molecule has 1 aliphatic heterocycles. The molecular formula is C23H25F3N2O3. The largest absolute Gasteiger partial charge is 0.476 e. The summed E-state index contributed by atoms with van der Waals surface area (Å²) in [6.45, 7) is 8.68. The molecule has 0 bridgehead atoms. The van der Waals surface area contributed by atoms with Crippen LogP contribution in [-0.2, 0) is 16.1 Å². The highest BCUT2D eigenvalue weighted by Gasteiger charge is 2.35. The first-order chi connectivity index (χ1) is 14.4. The van der Waals surface area contributed by atoms with E-state index in [1.165, 1.54) is 24.0 Å². The molecule has 2 amide bonds. The van der Waals surface area contributed by atoms with Crippen molar-refractivity contribution in [2.45, 2.75) is 53.7 Å². The fraction of sp³-hybridized carbons (Fsp3) is 0.391. The predicted octanol–water partition coefficient (Wildman–Crippen LogP) is 5.10. The second-order valence-corrected chi connectivity index (χ2v) is 8.95. The van der Waals surface area contributed by atoms with Crippen molar-refractivity contribution in [2.75, 3.05) is 10.2 Å². The van der Waals surface area contributed by atoms with Crippen molar-refractivity contribution >= 4 is 23.2 Å². The van der Waals surface area contributed by atoms with Gasteiger partial charge in [-0.2, -0.15) is 0 Å². The number of carbonyl (C=O) groups excluding carboxylic acids is 2. The Hall–Kier alpha value is -3.03. The van der Waals surface area contributed by atoms with Crippen molar-refractivity contribution in [3.63, 3.8) is 0 Å². The number of carbonyl (C=O) groups is 2. The Balaban J connectivity index is 1.99. The van der Waals surface area contributed by atoms with E-state index in [0.717, 1.165) is 12.1 Å². The highest BCUT2D eigenvalue weighted by atomic mass is 19.2. The van der Waals surface area contributed by atoms with Gasteiger partial charge in [0.1, 0.15) is 0 Å². The first kappa shape index (κ1) is 22.7. The van der Waals surface area contributed by atoms with Crippen LogP contribution >= 0.6 is 0 Å². The Morgan fingerprint density at radius 2 is 1.84 bits per heavy atom. The Bertz CT molecular complexity index is 1050. The first-order valence-corrected chi connectivity index (χ1v) is 9.92. The lowest BCUT2D eigenvalue weighted by Gasteiger charge is -2.34. The summed E-state index contributed by atoms with van der Waals surface area (Å²) >= 11 is 0. The van der Waals surface area contributed by atoms with E-state index in [1.807, 2.05) is 20.8 Å². The van der Waals surface area contributed by atoms with Gasteiger partial charge in [0, 0.05) is 6.42 Å². The summed E-state index contributed by atoms with van der Waals surface area (Å²) in [6, 6.07) is 4.86. The Kier molecular flexibility index (Phi) is 6.02. The summed E-state index contributed by atoms with van der Waals surface area (Å²) in [4.78, 5) is 26.3. The van der Waals surface area contributed by atoms with Crippen LogP contribution in [0.15, 0.2) is 24.3 Å². The van der Waals surface area contributed by atoms with Crippen molar-refractivity contribution in [3.05, 3.63) is 52.8 Å². The molecule has 0 aromatic heterocycles. The number of nitrogens with one attached hydrogen (secondary N) is 1. The van der Waals surface area contributed by atoms with E-state index in [0.29, 0.717) is 11.1 Å². The molecule has 0 saturated heterocycles. The summed E-state index contributed by atoms with van der Waals surface area (Å²) in [5, 5.41) is 2.60. The number of benzene rings is 2. The molecular weight excluding hydrogens is 409 g/mol. The van der Waals surface area contributed by atoms with Crippen LogP contribution in [0, 0.1) is 29.8 Å². The molecule has 1 heterocycles. The van der Waals surface area contributed by atoms with Gasteiger partial charge in [-0.1, -0.05) is 26.8 Å². The third-order valence-electron chi connectivity index (χ3n) is 4.88. The fourth-order valence-electron chi connectivity index (χ4n) is 3.42. The quantitative estimate of drug-likeness (QED) is 0.728. The van der Waals surface area contributed by atoms with E-state index in [1.54, 1.807) is 6.92 Å². The standard InChI is InChI=1S/C23H25F3N2O3/c1-12-8-17-21(19(26)20(12)27-18(29)10-23(3,4)5)31-13(2)22(30)28(17)11-14-6-7-15(24)16(25)9-14/h6-9,13H,10-11H2,1-5H3,(H,27,29). The molecule has 1 aliphatic rings. The molecule has 0 spiro atoms. The molecule has 8 heteroatoms. The van der Waals surface area contributed by atoms with Gasteiger partial charge in [0.05, 0.1) is 17.9 Å². The maximum absolute atomic E-state index is 15.4. The van der Waals surface area contributed by atoms with Crippen LogP contribution in [0.5, 0.6) is 5.75 Å². The van der Waals surface area contributed by atoms with Gasteiger partial charge in [-0.25, -0.2) is 13.2 Å². The second kappa shape index (κ2) is 8.24. The molecule has 5 nitrogen and oxygen atoms in total. The van der Waals surface area contributed by atoms with Crippen molar-refractivity contribution in [1.82, 2.24) is 0 Å². The van der Waals surface area contributed by atoms with Gasteiger partial charge in [-0.15, -0.1) is 0 Å². The van der Waals surface area contributed by atoms with E-state index in [2.05, 4.69) is 5.32 Å². The number of hydrogen-bond acceptors (Lipinski definition) is 3. The number of hydrogen-bond donors (Lipinski definition) is 1. The summed E-state index contributed by atoms with van der Waals surface area (Å²) in [5.41, 5.74) is 0.619. The normalized spacial score (nSPS) is 16.1. The molecule has 1 N–H and O–H groups in total. The molecule has 0 fully saturated rings. The minimum atomic E-state index is -1.04. The number of nitrogens with zero attached hydrogens (tertiary/aromatic N) is 1. The van der Waals surface area contributed by atoms with Gasteiger partial charge in [0.2, 0.25) is 5.91 Å². The van der Waals surface area contributed by atoms with Crippen LogP contribution in [0.25, 0.3) is 0 Å². The zero-order valence-corrected chi connectivity index (χ0v) is 18.1. The van der Waals surface area contributed by atoms with Crippen LogP contribution in [-0.4, -0.2) is 17.9 Å². The third kappa shape index (κ3) is 4.84. The summed E-state index contributed by atoms with van der Waals surface area (Å²) in [5.74, 6) is -3.78. The minimum absolute atomic E-state index is 0.0117. The molecule has 0 saturated carbocycles. The molecule has 2 aromatic carbocycles. The number of rotatable bonds is 4. The van der Waals surface area contributed by atoms with Gasteiger partial charge < -0.3 is 15.0 Å². The zero-order valence-electron chi connectivity index (χ0n) is 18.1. The van der Waals surface area contributed by atoms with Crippen LogP contribution in [0.2, 0.25) is 0 Å². The van der Waals surface area contributed by atoms with Crippen LogP contribution < -0.4 is 15.0 Å². The molecule has 2 aromatic rings. The SMILES string of the molecule is Cc1cc2c(c(F)c1NC(=O)CC(C)(C)C)OC(C)C(=O)N2Cc1ccc(F)c(F)c1. The lowest BCUT2D eigenvalue weighted by molar-refractivity contribution is -0.125. The molecule has 31 heavy (non-hydrogen) atoms. The van der Waals surface area contributed by atoms with E-state index < -0.39 is 29.5 Å². The summed E-state index contributed by atoms with van der Waals surface area (Å²) in [7, 11) is 0. The lowest BCUT2D eigenvalue weighted by atomic mass is 9.92. The second-order valence-electron chi connectivity index (χ2n) is 8.95. The van der Waals surface area contributed by atoms with Crippen LogP contribution in [0.4, 0.5) is 24.5 Å². The number of fused-ring (bicyclic) bond motifs is 1. The van der Waals surface area contributed by atoms with Crippen molar-refractivity contribution < 1.29 is 27.5 Å². The molecule has 166 valence electrons. The number of anilines is 2. The molecule has 0 radical (unpaired) electrons. The Labute approximate surface area is 179 Å². The third-order valence-corrected chi connectivity index (χ3v) is 4.88. The van der Waals surface area contributed by atoms with Crippen molar-refractivity contribution in [2.24, 2.45) is 5.41 Å². The Morgan fingerprint density at radius 3 is 2.45 bits per heavy atom. The van der Waals surface area contributed by atoms with Gasteiger partial charge in [-0.3, -0.25) is 9.59 Å². The van der Waals surface area contributed by atoms with E-state index >= 15 is 4.39 Å². The summed E-state index contributed by atoms with van der Waals surface area (Å²) < 4.78 is 47.7. The van der Waals surface area contributed by atoms with Crippen molar-refractivity contribution in [1.29, 1.82) is 0 Å². The van der Waals surface area contributed by atoms with E-state index in [-0.39, 0.29) is 41.4 Å². The average molecular weight is 434 g/mol. The van der Waals surface area contributed by atoms with Crippen LogP contribution in [0.3, 0.4) is 0 Å². The Morgan fingerprint density at radius 1 is 1.16 bits per heavy atom. The smallest absolute Gasteiger partial charge is 0.268 e. The zero-order chi connectivity index (χ0) is 23.1. The van der Waals surface area contributed by atoms with Crippen molar-refractivity contribution in [3.8, 4) is 5.75 Å². The molecule has 0 aliphatic carbocycles.